The molecule has 0 aliphatic rings. The lowest BCUT2D eigenvalue weighted by Gasteiger charge is -2.10. The van der Waals surface area contributed by atoms with E-state index in [1.54, 1.807) is 18.2 Å². The molecule has 1 heterocycles. The lowest BCUT2D eigenvalue weighted by molar-refractivity contribution is 0.0695. The minimum absolute atomic E-state index is 0.00458. The number of carboxylic acid groups (broad SMARTS) is 1. The molecule has 2 aromatic carbocycles. The molecular weight excluding hydrogens is 304 g/mol. The summed E-state index contributed by atoms with van der Waals surface area (Å²) < 4.78 is 28.3. The second kappa shape index (κ2) is 5.64. The summed E-state index contributed by atoms with van der Waals surface area (Å²) >= 11 is 0. The molecule has 3 rings (SSSR count). The van der Waals surface area contributed by atoms with E-state index in [2.05, 4.69) is 0 Å². The lowest BCUT2D eigenvalue weighted by atomic mass is 10.1. The van der Waals surface area contributed by atoms with Gasteiger partial charge in [0.2, 0.25) is 0 Å². The second-order valence-electron chi connectivity index (χ2n) is 5.06. The van der Waals surface area contributed by atoms with E-state index < -0.39 is 23.2 Å². The topological polar surface area (TPSA) is 59.3 Å². The highest BCUT2D eigenvalue weighted by Gasteiger charge is 2.12. The highest BCUT2D eigenvalue weighted by Crippen LogP contribution is 2.17. The normalized spacial score (nSPS) is 10.9. The third kappa shape index (κ3) is 2.70. The molecule has 0 unspecified atom stereocenters. The number of halogens is 2. The first kappa shape index (κ1) is 14.9. The lowest BCUT2D eigenvalue weighted by Crippen LogP contribution is -2.21. The van der Waals surface area contributed by atoms with Gasteiger partial charge in [0.25, 0.3) is 5.56 Å². The van der Waals surface area contributed by atoms with Crippen LogP contribution in [-0.4, -0.2) is 15.6 Å². The molecule has 4 nitrogen and oxygen atoms in total. The Bertz CT molecular complexity index is 979. The summed E-state index contributed by atoms with van der Waals surface area (Å²) in [5, 5.41) is 9.11. The van der Waals surface area contributed by atoms with E-state index in [-0.39, 0.29) is 22.9 Å². The third-order valence-electron chi connectivity index (χ3n) is 3.60. The molecule has 0 atom stereocenters. The summed E-state index contributed by atoms with van der Waals surface area (Å²) in [6.07, 6.45) is 1.37. The Hall–Kier alpha value is -3.02. The zero-order valence-electron chi connectivity index (χ0n) is 11.8. The summed E-state index contributed by atoms with van der Waals surface area (Å²) in [5.41, 5.74) is -0.0793. The van der Waals surface area contributed by atoms with Crippen LogP contribution in [0.1, 0.15) is 15.9 Å². The number of rotatable bonds is 3. The number of fused-ring (bicyclic) bond motifs is 1. The molecule has 0 saturated heterocycles. The molecule has 0 fully saturated rings. The number of benzene rings is 2. The molecule has 1 N–H and O–H groups in total. The summed E-state index contributed by atoms with van der Waals surface area (Å²) in [4.78, 5) is 23.6. The van der Waals surface area contributed by atoms with Crippen LogP contribution < -0.4 is 5.56 Å². The number of pyridine rings is 1. The van der Waals surface area contributed by atoms with E-state index in [4.69, 9.17) is 0 Å². The summed E-state index contributed by atoms with van der Waals surface area (Å²) in [5.74, 6) is -2.75. The van der Waals surface area contributed by atoms with Crippen molar-refractivity contribution in [2.45, 2.75) is 6.54 Å². The van der Waals surface area contributed by atoms with Crippen molar-refractivity contribution in [2.24, 2.45) is 0 Å². The van der Waals surface area contributed by atoms with Crippen molar-refractivity contribution in [3.63, 3.8) is 0 Å². The predicted molar refractivity (Wildman–Crippen MR) is 80.6 cm³/mol. The van der Waals surface area contributed by atoms with Gasteiger partial charge in [-0.2, -0.15) is 0 Å². The van der Waals surface area contributed by atoms with Gasteiger partial charge in [-0.3, -0.25) is 4.79 Å². The van der Waals surface area contributed by atoms with E-state index >= 15 is 0 Å². The van der Waals surface area contributed by atoms with Gasteiger partial charge >= 0.3 is 5.97 Å². The fourth-order valence-electron chi connectivity index (χ4n) is 2.49. The maximum absolute atomic E-state index is 13.7. The fourth-order valence-corrected chi connectivity index (χ4v) is 2.49. The maximum Gasteiger partial charge on any atom is 0.336 e. The SMILES string of the molecule is O=C(O)c1ccccc1Cn1ccc2c(F)cc(F)cc2c1=O. The second-order valence-corrected chi connectivity index (χ2v) is 5.06. The van der Waals surface area contributed by atoms with Crippen LogP contribution in [0.4, 0.5) is 8.78 Å². The number of hydrogen-bond donors (Lipinski definition) is 1. The van der Waals surface area contributed by atoms with E-state index in [1.165, 1.54) is 22.9 Å². The molecule has 0 saturated carbocycles. The molecule has 0 spiro atoms. The maximum atomic E-state index is 13.7. The van der Waals surface area contributed by atoms with Crippen LogP contribution in [0.15, 0.2) is 53.5 Å². The van der Waals surface area contributed by atoms with E-state index in [9.17, 15) is 23.5 Å². The van der Waals surface area contributed by atoms with Crippen molar-refractivity contribution in [3.8, 4) is 0 Å². The van der Waals surface area contributed by atoms with Gasteiger partial charge in [-0.05, 0) is 23.8 Å². The van der Waals surface area contributed by atoms with Gasteiger partial charge in [-0.1, -0.05) is 18.2 Å². The smallest absolute Gasteiger partial charge is 0.336 e. The molecule has 23 heavy (non-hydrogen) atoms. The standard InChI is InChI=1S/C17H11F2NO3/c18-11-7-14-13(15(19)8-11)5-6-20(16(14)21)9-10-3-1-2-4-12(10)17(22)23/h1-8H,9H2,(H,22,23). The average Bonchev–Trinajstić information content (AvgIpc) is 2.51. The molecule has 0 aliphatic carbocycles. The number of aromatic carboxylic acids is 1. The Labute approximate surface area is 129 Å². The van der Waals surface area contributed by atoms with Gasteiger partial charge in [0, 0.05) is 17.6 Å². The van der Waals surface area contributed by atoms with Gasteiger partial charge in [0.05, 0.1) is 17.5 Å². The zero-order valence-corrected chi connectivity index (χ0v) is 11.8. The molecule has 0 bridgehead atoms. The van der Waals surface area contributed by atoms with Gasteiger partial charge in [0.15, 0.2) is 0 Å². The van der Waals surface area contributed by atoms with E-state index in [0.717, 1.165) is 6.07 Å². The van der Waals surface area contributed by atoms with Crippen LogP contribution in [0.5, 0.6) is 0 Å². The van der Waals surface area contributed by atoms with E-state index in [1.807, 2.05) is 0 Å². The molecule has 6 heteroatoms. The molecule has 0 amide bonds. The van der Waals surface area contributed by atoms with Crippen LogP contribution in [-0.2, 0) is 6.54 Å². The first-order chi connectivity index (χ1) is 11.0. The van der Waals surface area contributed by atoms with Crippen molar-refractivity contribution in [1.82, 2.24) is 4.57 Å². The van der Waals surface area contributed by atoms with Gasteiger partial charge in [0.1, 0.15) is 11.6 Å². The van der Waals surface area contributed by atoms with E-state index in [0.29, 0.717) is 11.6 Å². The number of aromatic nitrogens is 1. The number of carboxylic acids is 1. The Morgan fingerprint density at radius 3 is 2.57 bits per heavy atom. The van der Waals surface area contributed by atoms with Crippen LogP contribution in [0, 0.1) is 11.6 Å². The van der Waals surface area contributed by atoms with Crippen molar-refractivity contribution in [3.05, 3.63) is 81.8 Å². The largest absolute Gasteiger partial charge is 0.478 e. The summed E-state index contributed by atoms with van der Waals surface area (Å²) in [6.45, 7) is -0.00458. The van der Waals surface area contributed by atoms with Gasteiger partial charge in [-0.15, -0.1) is 0 Å². The van der Waals surface area contributed by atoms with Crippen LogP contribution in [0.25, 0.3) is 10.8 Å². The first-order valence-electron chi connectivity index (χ1n) is 6.77. The summed E-state index contributed by atoms with van der Waals surface area (Å²) in [7, 11) is 0. The van der Waals surface area contributed by atoms with Gasteiger partial charge in [-0.25, -0.2) is 13.6 Å². The molecule has 0 aliphatic heterocycles. The Kier molecular flexibility index (Phi) is 3.65. The Morgan fingerprint density at radius 2 is 1.83 bits per heavy atom. The number of hydrogen-bond acceptors (Lipinski definition) is 2. The number of carbonyl (C=O) groups is 1. The monoisotopic (exact) mass is 315 g/mol. The summed E-state index contributed by atoms with van der Waals surface area (Å²) in [6, 6.07) is 9.32. The quantitative estimate of drug-likeness (QED) is 0.808. The van der Waals surface area contributed by atoms with Crippen LogP contribution in [0.3, 0.4) is 0 Å². The molecule has 1 aromatic heterocycles. The average molecular weight is 315 g/mol. The van der Waals surface area contributed by atoms with Crippen molar-refractivity contribution in [1.29, 1.82) is 0 Å². The highest BCUT2D eigenvalue weighted by atomic mass is 19.1. The van der Waals surface area contributed by atoms with Crippen molar-refractivity contribution in [2.75, 3.05) is 0 Å². The van der Waals surface area contributed by atoms with Crippen LogP contribution in [0.2, 0.25) is 0 Å². The Morgan fingerprint density at radius 1 is 1.09 bits per heavy atom. The third-order valence-corrected chi connectivity index (χ3v) is 3.60. The minimum Gasteiger partial charge on any atom is -0.478 e. The van der Waals surface area contributed by atoms with Crippen molar-refractivity contribution < 1.29 is 18.7 Å². The fraction of sp³-hybridized carbons (Fsp3) is 0.0588. The molecular formula is C17H11F2NO3. The number of nitrogens with zero attached hydrogens (tertiary/aromatic N) is 1. The predicted octanol–water partition coefficient (Wildman–Crippen LogP) is 3.03. The highest BCUT2D eigenvalue weighted by molar-refractivity contribution is 5.89. The van der Waals surface area contributed by atoms with Crippen LogP contribution >= 0.6 is 0 Å². The molecule has 3 aromatic rings. The van der Waals surface area contributed by atoms with Crippen molar-refractivity contribution >= 4 is 16.7 Å². The molecule has 0 radical (unpaired) electrons. The minimum atomic E-state index is -1.11. The van der Waals surface area contributed by atoms with Gasteiger partial charge < -0.3 is 9.67 Å². The zero-order chi connectivity index (χ0) is 16.6. The molecule has 116 valence electrons. The Balaban J connectivity index is 2.14. The first-order valence-corrected chi connectivity index (χ1v) is 6.77.